The Morgan fingerprint density at radius 2 is 1.95 bits per heavy atom. The third-order valence-electron chi connectivity index (χ3n) is 4.39. The van der Waals surface area contributed by atoms with Crippen LogP contribution in [0.2, 0.25) is 0 Å². The normalized spacial score (nSPS) is 26.7. The van der Waals surface area contributed by atoms with E-state index in [2.05, 4.69) is 27.1 Å². The lowest BCUT2D eigenvalue weighted by molar-refractivity contribution is -0.134. The molecule has 1 aromatic heterocycles. The summed E-state index contributed by atoms with van der Waals surface area (Å²) in [6, 6.07) is 1.83. The second kappa shape index (κ2) is 6.39. The number of rotatable bonds is 2. The highest BCUT2D eigenvalue weighted by atomic mass is 16.2. The van der Waals surface area contributed by atoms with Crippen LogP contribution in [0.5, 0.6) is 0 Å². The van der Waals surface area contributed by atoms with Crippen LogP contribution in [0.15, 0.2) is 18.5 Å². The summed E-state index contributed by atoms with van der Waals surface area (Å²) in [7, 11) is 0. The molecule has 2 unspecified atom stereocenters. The Morgan fingerprint density at radius 3 is 2.62 bits per heavy atom. The summed E-state index contributed by atoms with van der Waals surface area (Å²) < 4.78 is 0. The van der Waals surface area contributed by atoms with E-state index in [1.54, 1.807) is 12.4 Å². The van der Waals surface area contributed by atoms with Crippen molar-refractivity contribution in [2.75, 3.05) is 37.6 Å². The molecule has 2 aliphatic rings. The second-order valence-electron chi connectivity index (χ2n) is 6.00. The summed E-state index contributed by atoms with van der Waals surface area (Å²) in [4.78, 5) is 25.2. The van der Waals surface area contributed by atoms with Crippen LogP contribution in [-0.4, -0.2) is 59.5 Å². The highest BCUT2D eigenvalue weighted by Gasteiger charge is 2.30. The van der Waals surface area contributed by atoms with Gasteiger partial charge in [0.25, 0.3) is 0 Å². The molecule has 3 rings (SSSR count). The topological polar surface area (TPSA) is 61.4 Å². The number of hydrogen-bond acceptors (Lipinski definition) is 5. The average Bonchev–Trinajstić information content (AvgIpc) is 2.55. The highest BCUT2D eigenvalue weighted by molar-refractivity contribution is 5.82. The van der Waals surface area contributed by atoms with Crippen LogP contribution >= 0.6 is 0 Å². The van der Waals surface area contributed by atoms with Gasteiger partial charge in [-0.25, -0.2) is 9.97 Å². The average molecular weight is 289 g/mol. The fraction of sp³-hybridized carbons (Fsp3) is 0.667. The number of nitrogens with zero attached hydrogens (tertiary/aromatic N) is 4. The summed E-state index contributed by atoms with van der Waals surface area (Å²) in [6.45, 7) is 6.30. The maximum absolute atomic E-state index is 12.6. The van der Waals surface area contributed by atoms with E-state index < -0.39 is 0 Å². The van der Waals surface area contributed by atoms with Crippen molar-refractivity contribution < 1.29 is 4.79 Å². The van der Waals surface area contributed by atoms with Gasteiger partial charge in [0.2, 0.25) is 11.9 Å². The first-order valence-corrected chi connectivity index (χ1v) is 7.78. The first-order chi connectivity index (χ1) is 10.2. The predicted octanol–water partition coefficient (Wildman–Crippen LogP) is 0.513. The molecule has 3 heterocycles. The number of aromatic nitrogens is 2. The molecule has 6 heteroatoms. The van der Waals surface area contributed by atoms with E-state index in [1.807, 2.05) is 11.0 Å². The van der Waals surface area contributed by atoms with Crippen molar-refractivity contribution in [3.8, 4) is 0 Å². The maximum Gasteiger partial charge on any atom is 0.239 e. The first kappa shape index (κ1) is 14.3. The third-order valence-corrected chi connectivity index (χ3v) is 4.39. The van der Waals surface area contributed by atoms with Gasteiger partial charge in [0.05, 0.1) is 6.04 Å². The molecule has 2 aliphatic heterocycles. The molecule has 0 aliphatic carbocycles. The van der Waals surface area contributed by atoms with Gasteiger partial charge in [-0.15, -0.1) is 0 Å². The predicted molar refractivity (Wildman–Crippen MR) is 81.0 cm³/mol. The zero-order chi connectivity index (χ0) is 14.7. The number of carbonyl (C=O) groups excluding carboxylic acids is 1. The monoisotopic (exact) mass is 289 g/mol. The van der Waals surface area contributed by atoms with Gasteiger partial charge in [-0.3, -0.25) is 4.79 Å². The number of nitrogens with one attached hydrogen (secondary N) is 1. The van der Waals surface area contributed by atoms with Crippen LogP contribution in [0.4, 0.5) is 5.95 Å². The van der Waals surface area contributed by atoms with Gasteiger partial charge in [-0.1, -0.05) is 6.92 Å². The zero-order valence-corrected chi connectivity index (χ0v) is 12.5. The minimum atomic E-state index is 0.00766. The van der Waals surface area contributed by atoms with Crippen LogP contribution in [0, 0.1) is 5.92 Å². The van der Waals surface area contributed by atoms with Crippen LogP contribution in [0.3, 0.4) is 0 Å². The lowest BCUT2D eigenvalue weighted by atomic mass is 9.93. The quantitative estimate of drug-likeness (QED) is 0.860. The van der Waals surface area contributed by atoms with E-state index in [4.69, 9.17) is 0 Å². The largest absolute Gasteiger partial charge is 0.338 e. The summed E-state index contributed by atoms with van der Waals surface area (Å²) >= 11 is 0. The lowest BCUT2D eigenvalue weighted by Gasteiger charge is -2.38. The molecule has 0 saturated carbocycles. The van der Waals surface area contributed by atoms with Crippen molar-refractivity contribution in [1.29, 1.82) is 0 Å². The molecule has 2 saturated heterocycles. The van der Waals surface area contributed by atoms with Gasteiger partial charge in [0, 0.05) is 38.6 Å². The first-order valence-electron chi connectivity index (χ1n) is 7.78. The molecule has 1 amide bonds. The molecule has 114 valence electrons. The Bertz CT molecular complexity index is 472. The van der Waals surface area contributed by atoms with Crippen LogP contribution in [-0.2, 0) is 4.79 Å². The summed E-state index contributed by atoms with van der Waals surface area (Å²) in [6.07, 6.45) is 5.64. The number of hydrogen-bond donors (Lipinski definition) is 1. The van der Waals surface area contributed by atoms with Crippen molar-refractivity contribution in [3.05, 3.63) is 18.5 Å². The van der Waals surface area contributed by atoms with Crippen molar-refractivity contribution in [2.24, 2.45) is 5.92 Å². The Balaban J connectivity index is 1.54. The Morgan fingerprint density at radius 1 is 1.24 bits per heavy atom. The van der Waals surface area contributed by atoms with Gasteiger partial charge < -0.3 is 15.1 Å². The molecule has 2 fully saturated rings. The van der Waals surface area contributed by atoms with E-state index in [1.165, 1.54) is 6.42 Å². The molecule has 1 aromatic rings. The Hall–Kier alpha value is -1.69. The van der Waals surface area contributed by atoms with Crippen molar-refractivity contribution in [2.45, 2.75) is 25.8 Å². The summed E-state index contributed by atoms with van der Waals surface area (Å²) in [5.41, 5.74) is 0. The molecule has 6 nitrogen and oxygen atoms in total. The van der Waals surface area contributed by atoms with Crippen LogP contribution in [0.1, 0.15) is 19.8 Å². The van der Waals surface area contributed by atoms with Gasteiger partial charge >= 0.3 is 0 Å². The van der Waals surface area contributed by atoms with Crippen molar-refractivity contribution in [1.82, 2.24) is 20.2 Å². The fourth-order valence-electron chi connectivity index (χ4n) is 3.10. The lowest BCUT2D eigenvalue weighted by Crippen LogP contribution is -2.56. The Labute approximate surface area is 125 Å². The maximum atomic E-state index is 12.6. The molecule has 0 aromatic carbocycles. The molecule has 0 radical (unpaired) electrons. The summed E-state index contributed by atoms with van der Waals surface area (Å²) in [5.74, 6) is 1.66. The van der Waals surface area contributed by atoms with Crippen molar-refractivity contribution in [3.63, 3.8) is 0 Å². The van der Waals surface area contributed by atoms with Crippen LogP contribution in [0.25, 0.3) is 0 Å². The molecular formula is C15H23N5O. The summed E-state index contributed by atoms with van der Waals surface area (Å²) in [5, 5.41) is 3.36. The molecule has 0 bridgehead atoms. The number of piperidine rings is 1. The SMILES string of the molecule is CC1CCNC(C(=O)N2CCN(c3ncccn3)CC2)C1. The van der Waals surface area contributed by atoms with Gasteiger partial charge in [-0.2, -0.15) is 0 Å². The molecule has 2 atom stereocenters. The zero-order valence-electron chi connectivity index (χ0n) is 12.5. The number of amides is 1. The van der Waals surface area contributed by atoms with Gasteiger partial charge in [0.1, 0.15) is 0 Å². The smallest absolute Gasteiger partial charge is 0.239 e. The van der Waals surface area contributed by atoms with Gasteiger partial charge in [0.15, 0.2) is 0 Å². The van der Waals surface area contributed by atoms with Crippen LogP contribution < -0.4 is 10.2 Å². The van der Waals surface area contributed by atoms with E-state index in [0.717, 1.165) is 45.1 Å². The number of anilines is 1. The minimum Gasteiger partial charge on any atom is -0.338 e. The van der Waals surface area contributed by atoms with Crippen molar-refractivity contribution >= 4 is 11.9 Å². The fourth-order valence-corrected chi connectivity index (χ4v) is 3.10. The standard InChI is InChI=1S/C15H23N5O/c1-12-3-6-16-13(11-12)14(21)19-7-9-20(10-8-19)15-17-4-2-5-18-15/h2,4-5,12-13,16H,3,6-11H2,1H3. The molecule has 0 spiro atoms. The second-order valence-corrected chi connectivity index (χ2v) is 6.00. The molecule has 21 heavy (non-hydrogen) atoms. The molecule has 1 N–H and O–H groups in total. The minimum absolute atomic E-state index is 0.00766. The van der Waals surface area contributed by atoms with Gasteiger partial charge in [-0.05, 0) is 31.4 Å². The third kappa shape index (κ3) is 3.32. The number of carbonyl (C=O) groups is 1. The van der Waals surface area contributed by atoms with E-state index >= 15 is 0 Å². The molecular weight excluding hydrogens is 266 g/mol. The highest BCUT2D eigenvalue weighted by Crippen LogP contribution is 2.18. The van der Waals surface area contributed by atoms with E-state index in [9.17, 15) is 4.79 Å². The number of piperazine rings is 1. The Kier molecular flexibility index (Phi) is 4.34. The van der Waals surface area contributed by atoms with E-state index in [-0.39, 0.29) is 11.9 Å². The van der Waals surface area contributed by atoms with E-state index in [0.29, 0.717) is 5.92 Å².